The first-order chi connectivity index (χ1) is 7.15. The molecule has 0 aliphatic heterocycles. The lowest BCUT2D eigenvalue weighted by molar-refractivity contribution is 0.800. The summed E-state index contributed by atoms with van der Waals surface area (Å²) in [7, 11) is 1.89. The molecular weight excluding hydrogens is 232 g/mol. The molecule has 0 aliphatic carbocycles. The van der Waals surface area contributed by atoms with Crippen LogP contribution >= 0.6 is 23.7 Å². The Bertz CT molecular complexity index is 508. The van der Waals surface area contributed by atoms with Gasteiger partial charge in [-0.05, 0) is 18.6 Å². The van der Waals surface area contributed by atoms with E-state index in [0.717, 1.165) is 28.6 Å². The number of anilines is 1. The molecule has 15 heavy (non-hydrogen) atoms. The van der Waals surface area contributed by atoms with Gasteiger partial charge < -0.3 is 0 Å². The summed E-state index contributed by atoms with van der Waals surface area (Å²) < 4.78 is 4.72. The second-order valence-corrected chi connectivity index (χ2v) is 4.13. The van der Waals surface area contributed by atoms with Crippen LogP contribution in [-0.4, -0.2) is 9.78 Å². The predicted octanol–water partition coefficient (Wildman–Crippen LogP) is 2.47. The summed E-state index contributed by atoms with van der Waals surface area (Å²) in [4.78, 5) is 0. The van der Waals surface area contributed by atoms with E-state index in [1.165, 1.54) is 0 Å². The van der Waals surface area contributed by atoms with Gasteiger partial charge in [0.05, 0.1) is 15.9 Å². The second-order valence-electron chi connectivity index (χ2n) is 3.28. The number of benzene rings is 1. The fourth-order valence-corrected chi connectivity index (χ4v) is 2.19. The maximum atomic E-state index is 6.14. The molecule has 0 atom stereocenters. The Balaban J connectivity index is 2.80. The van der Waals surface area contributed by atoms with Crippen molar-refractivity contribution in [3.8, 4) is 0 Å². The standard InChI is InChI=1S/C9H11ClN4S/c1-5-3-4-6(10)7-8(5)14(2)12-9(7)13-15-11/h3-4H,11H2,1-2H3,(H,12,13). The highest BCUT2D eigenvalue weighted by atomic mass is 35.5. The number of nitrogens with two attached hydrogens (primary N) is 1. The molecule has 1 aromatic heterocycles. The highest BCUT2D eigenvalue weighted by Gasteiger charge is 2.13. The minimum absolute atomic E-state index is 0.681. The molecule has 4 nitrogen and oxygen atoms in total. The van der Waals surface area contributed by atoms with Crippen molar-refractivity contribution in [2.45, 2.75) is 6.92 Å². The van der Waals surface area contributed by atoms with E-state index in [9.17, 15) is 0 Å². The topological polar surface area (TPSA) is 55.9 Å². The molecule has 0 amide bonds. The van der Waals surface area contributed by atoms with Crippen molar-refractivity contribution in [1.82, 2.24) is 9.78 Å². The van der Waals surface area contributed by atoms with Gasteiger partial charge in [-0.3, -0.25) is 14.5 Å². The van der Waals surface area contributed by atoms with Crippen LogP contribution in [-0.2, 0) is 7.05 Å². The lowest BCUT2D eigenvalue weighted by Crippen LogP contribution is -1.94. The summed E-state index contributed by atoms with van der Waals surface area (Å²) in [6.07, 6.45) is 0. The van der Waals surface area contributed by atoms with Gasteiger partial charge in [0.1, 0.15) is 0 Å². The summed E-state index contributed by atoms with van der Waals surface area (Å²) in [5, 5.41) is 11.3. The van der Waals surface area contributed by atoms with Crippen molar-refractivity contribution in [3.63, 3.8) is 0 Å². The van der Waals surface area contributed by atoms with Crippen LogP contribution < -0.4 is 9.86 Å². The number of nitrogens with zero attached hydrogens (tertiary/aromatic N) is 2. The minimum atomic E-state index is 0.681. The Morgan fingerprint density at radius 3 is 2.93 bits per heavy atom. The molecule has 2 rings (SSSR count). The number of aryl methyl sites for hydroxylation is 2. The van der Waals surface area contributed by atoms with E-state index >= 15 is 0 Å². The zero-order valence-corrected chi connectivity index (χ0v) is 9.99. The molecule has 0 radical (unpaired) electrons. The quantitative estimate of drug-likeness (QED) is 0.795. The molecule has 0 aliphatic rings. The molecule has 0 fully saturated rings. The van der Waals surface area contributed by atoms with Crippen molar-refractivity contribution in [1.29, 1.82) is 0 Å². The SMILES string of the molecule is Cc1ccc(Cl)c2c(NSN)nn(C)c12. The lowest BCUT2D eigenvalue weighted by atomic mass is 10.1. The van der Waals surface area contributed by atoms with E-state index in [0.29, 0.717) is 10.8 Å². The predicted molar refractivity (Wildman–Crippen MR) is 65.9 cm³/mol. The van der Waals surface area contributed by atoms with Crippen LogP contribution in [0.25, 0.3) is 10.9 Å². The fraction of sp³-hybridized carbons (Fsp3) is 0.222. The summed E-state index contributed by atoms with van der Waals surface area (Å²) in [6, 6.07) is 3.85. The van der Waals surface area contributed by atoms with Crippen LogP contribution in [0.1, 0.15) is 5.56 Å². The van der Waals surface area contributed by atoms with E-state index < -0.39 is 0 Å². The van der Waals surface area contributed by atoms with Gasteiger partial charge in [-0.2, -0.15) is 5.10 Å². The Hall–Kier alpha value is -0.910. The van der Waals surface area contributed by atoms with Crippen molar-refractivity contribution >= 4 is 40.5 Å². The van der Waals surface area contributed by atoms with Crippen molar-refractivity contribution in [3.05, 3.63) is 22.7 Å². The number of hydrogen-bond donors (Lipinski definition) is 2. The zero-order chi connectivity index (χ0) is 11.0. The van der Waals surface area contributed by atoms with Crippen LogP contribution in [0.3, 0.4) is 0 Å². The third kappa shape index (κ3) is 1.67. The number of halogens is 1. The normalized spacial score (nSPS) is 10.9. The lowest BCUT2D eigenvalue weighted by Gasteiger charge is -2.01. The van der Waals surface area contributed by atoms with Crippen molar-refractivity contribution in [2.24, 2.45) is 12.2 Å². The van der Waals surface area contributed by atoms with E-state index in [1.54, 1.807) is 4.68 Å². The zero-order valence-electron chi connectivity index (χ0n) is 8.41. The average molecular weight is 243 g/mol. The maximum Gasteiger partial charge on any atom is 0.168 e. The summed E-state index contributed by atoms with van der Waals surface area (Å²) in [5.41, 5.74) is 2.17. The first-order valence-electron chi connectivity index (χ1n) is 4.38. The molecule has 1 aromatic carbocycles. The Kier molecular flexibility index (Phi) is 2.77. The number of hydrogen-bond acceptors (Lipinski definition) is 4. The van der Waals surface area contributed by atoms with E-state index in [4.69, 9.17) is 16.7 Å². The van der Waals surface area contributed by atoms with Gasteiger partial charge in [0.15, 0.2) is 5.82 Å². The summed E-state index contributed by atoms with van der Waals surface area (Å²) in [6.45, 7) is 2.03. The van der Waals surface area contributed by atoms with E-state index in [1.807, 2.05) is 26.1 Å². The molecule has 0 saturated carbocycles. The number of fused-ring (bicyclic) bond motifs is 1. The van der Waals surface area contributed by atoms with Gasteiger partial charge in [-0.25, -0.2) is 0 Å². The molecule has 2 aromatic rings. The molecular formula is C9H11ClN4S. The molecule has 0 unspecified atom stereocenters. The molecule has 0 saturated heterocycles. The van der Waals surface area contributed by atoms with Crippen LogP contribution in [0.4, 0.5) is 5.82 Å². The largest absolute Gasteiger partial charge is 0.299 e. The third-order valence-corrected chi connectivity index (χ3v) is 2.92. The summed E-state index contributed by atoms with van der Waals surface area (Å²) in [5.74, 6) is 0.703. The fourth-order valence-electron chi connectivity index (χ4n) is 1.69. The Morgan fingerprint density at radius 1 is 1.53 bits per heavy atom. The van der Waals surface area contributed by atoms with E-state index in [-0.39, 0.29) is 0 Å². The Morgan fingerprint density at radius 2 is 2.27 bits per heavy atom. The first-order valence-corrected chi connectivity index (χ1v) is 5.64. The molecule has 0 bridgehead atoms. The number of aromatic nitrogens is 2. The molecule has 1 heterocycles. The smallest absolute Gasteiger partial charge is 0.168 e. The van der Waals surface area contributed by atoms with Gasteiger partial charge in [-0.1, -0.05) is 17.7 Å². The highest BCUT2D eigenvalue weighted by Crippen LogP contribution is 2.32. The number of nitrogens with one attached hydrogen (secondary N) is 1. The Labute approximate surface area is 97.0 Å². The van der Waals surface area contributed by atoms with E-state index in [2.05, 4.69) is 9.82 Å². The third-order valence-electron chi connectivity index (χ3n) is 2.29. The summed E-state index contributed by atoms with van der Waals surface area (Å²) >= 11 is 7.15. The van der Waals surface area contributed by atoms with Gasteiger partial charge in [0.25, 0.3) is 0 Å². The molecule has 80 valence electrons. The van der Waals surface area contributed by atoms with Gasteiger partial charge in [0, 0.05) is 19.2 Å². The number of rotatable bonds is 2. The monoisotopic (exact) mass is 242 g/mol. The average Bonchev–Trinajstić information content (AvgIpc) is 2.51. The molecule has 0 spiro atoms. The van der Waals surface area contributed by atoms with Crippen molar-refractivity contribution in [2.75, 3.05) is 4.72 Å². The minimum Gasteiger partial charge on any atom is -0.299 e. The van der Waals surface area contributed by atoms with Crippen LogP contribution in [0.15, 0.2) is 12.1 Å². The van der Waals surface area contributed by atoms with Gasteiger partial charge >= 0.3 is 0 Å². The van der Waals surface area contributed by atoms with Crippen LogP contribution in [0.2, 0.25) is 5.02 Å². The second kappa shape index (κ2) is 3.92. The molecule has 3 N–H and O–H groups in total. The maximum absolute atomic E-state index is 6.14. The first kappa shape index (κ1) is 10.6. The van der Waals surface area contributed by atoms with Gasteiger partial charge in [0.2, 0.25) is 0 Å². The van der Waals surface area contributed by atoms with Crippen LogP contribution in [0.5, 0.6) is 0 Å². The molecule has 6 heteroatoms. The highest BCUT2D eigenvalue weighted by molar-refractivity contribution is 7.98. The van der Waals surface area contributed by atoms with Gasteiger partial charge in [-0.15, -0.1) is 0 Å². The van der Waals surface area contributed by atoms with Crippen molar-refractivity contribution < 1.29 is 0 Å². The van der Waals surface area contributed by atoms with Crippen LogP contribution in [0, 0.1) is 6.92 Å².